The normalized spacial score (nSPS) is 11.4. The molecular formula is C34H17Cl3N2O6. The lowest BCUT2D eigenvalue weighted by Gasteiger charge is -2.11. The van der Waals surface area contributed by atoms with Crippen molar-refractivity contribution in [1.82, 2.24) is 0 Å². The molecule has 7 aromatic rings. The van der Waals surface area contributed by atoms with Gasteiger partial charge in [0, 0.05) is 26.5 Å². The average molecular weight is 656 g/mol. The van der Waals surface area contributed by atoms with Gasteiger partial charge in [-0.25, -0.2) is 9.59 Å². The number of nitrogens with one attached hydrogen (secondary N) is 2. The van der Waals surface area contributed by atoms with Crippen LogP contribution in [-0.2, 0) is 0 Å². The van der Waals surface area contributed by atoms with E-state index in [0.717, 1.165) is 21.5 Å². The molecule has 2 N–H and O–H groups in total. The maximum Gasteiger partial charge on any atom is 0.349 e. The Morgan fingerprint density at radius 3 is 1.56 bits per heavy atom. The summed E-state index contributed by atoms with van der Waals surface area (Å²) in [4.78, 5) is 51.6. The van der Waals surface area contributed by atoms with Crippen molar-refractivity contribution in [3.05, 3.63) is 138 Å². The zero-order chi connectivity index (χ0) is 31.4. The van der Waals surface area contributed by atoms with Crippen molar-refractivity contribution in [2.75, 3.05) is 10.6 Å². The van der Waals surface area contributed by atoms with E-state index in [1.807, 2.05) is 0 Å². The van der Waals surface area contributed by atoms with Crippen molar-refractivity contribution in [2.45, 2.75) is 0 Å². The molecule has 0 bridgehead atoms. The highest BCUT2D eigenvalue weighted by molar-refractivity contribution is 6.34. The van der Waals surface area contributed by atoms with Gasteiger partial charge in [0.05, 0.1) is 10.7 Å². The molecule has 0 atom stereocenters. The van der Waals surface area contributed by atoms with Crippen LogP contribution in [0.4, 0.5) is 11.4 Å². The van der Waals surface area contributed by atoms with Gasteiger partial charge in [-0.2, -0.15) is 0 Å². The third kappa shape index (κ3) is 5.29. The Morgan fingerprint density at radius 1 is 0.533 bits per heavy atom. The molecule has 0 radical (unpaired) electrons. The molecule has 11 heteroatoms. The Hall–Kier alpha value is -5.15. The van der Waals surface area contributed by atoms with Gasteiger partial charge in [-0.15, -0.1) is 0 Å². The van der Waals surface area contributed by atoms with Crippen LogP contribution in [0.25, 0.3) is 43.5 Å². The number of benzene rings is 5. The van der Waals surface area contributed by atoms with Crippen LogP contribution in [0, 0.1) is 0 Å². The van der Waals surface area contributed by atoms with E-state index in [-0.39, 0.29) is 27.5 Å². The van der Waals surface area contributed by atoms with Crippen molar-refractivity contribution in [3.63, 3.8) is 0 Å². The van der Waals surface area contributed by atoms with Crippen molar-refractivity contribution < 1.29 is 18.4 Å². The second-order valence-electron chi connectivity index (χ2n) is 10.2. The summed E-state index contributed by atoms with van der Waals surface area (Å²) in [5, 5.41) is 10.7. The lowest BCUT2D eigenvalue weighted by molar-refractivity contribution is 0.101. The number of fused-ring (bicyclic) bond motifs is 6. The third-order valence-corrected chi connectivity index (χ3v) is 8.14. The minimum atomic E-state index is -0.821. The highest BCUT2D eigenvalue weighted by Gasteiger charge is 2.19. The van der Waals surface area contributed by atoms with Crippen molar-refractivity contribution in [3.8, 4) is 0 Å². The summed E-state index contributed by atoms with van der Waals surface area (Å²) in [7, 11) is 0. The predicted octanol–water partition coefficient (Wildman–Crippen LogP) is 8.67. The molecule has 2 amide bonds. The first-order valence-corrected chi connectivity index (χ1v) is 14.5. The van der Waals surface area contributed by atoms with Gasteiger partial charge in [0.1, 0.15) is 22.3 Å². The number of amides is 2. The first-order chi connectivity index (χ1) is 21.6. The number of carbonyl (C=O) groups is 2. The SMILES string of the molecule is O=C(Nc1ccc(NC(=O)c2cc3c(ccc4cc(Cl)ccc43)oc2=O)c(Cl)c1)c1cc2c(ccc3cc(Cl)ccc32)oc1=O. The standard InChI is InChI=1S/C34H17Cl3N2O6/c35-18-3-6-21-16(11-18)1-9-29-23(21)14-25(33(42)44-29)31(40)38-20-5-8-28(27(37)13-20)39-32(41)26-15-24-22-7-4-19(36)12-17(22)2-10-30(24)45-34(26)43/h1-15H,(H,38,40)(H,39,41). The quantitative estimate of drug-likeness (QED) is 0.145. The van der Waals surface area contributed by atoms with Crippen molar-refractivity contribution in [1.29, 1.82) is 0 Å². The molecule has 0 unspecified atom stereocenters. The molecule has 5 aromatic carbocycles. The minimum absolute atomic E-state index is 0.0693. The minimum Gasteiger partial charge on any atom is -0.422 e. The Morgan fingerprint density at radius 2 is 1.04 bits per heavy atom. The summed E-state index contributed by atoms with van der Waals surface area (Å²) < 4.78 is 10.8. The highest BCUT2D eigenvalue weighted by atomic mass is 35.5. The number of carbonyl (C=O) groups excluding carboxylic acids is 2. The first kappa shape index (κ1) is 28.6. The fourth-order valence-electron chi connectivity index (χ4n) is 5.20. The van der Waals surface area contributed by atoms with E-state index in [4.69, 9.17) is 43.6 Å². The zero-order valence-electron chi connectivity index (χ0n) is 22.7. The number of anilines is 2. The van der Waals surface area contributed by atoms with E-state index in [1.54, 1.807) is 60.7 Å². The predicted molar refractivity (Wildman–Crippen MR) is 177 cm³/mol. The lowest BCUT2D eigenvalue weighted by Crippen LogP contribution is -2.21. The molecule has 0 aliphatic rings. The summed E-state index contributed by atoms with van der Waals surface area (Å²) in [6.07, 6.45) is 0. The van der Waals surface area contributed by atoms with E-state index >= 15 is 0 Å². The van der Waals surface area contributed by atoms with Crippen LogP contribution in [-0.4, -0.2) is 11.8 Å². The summed E-state index contributed by atoms with van der Waals surface area (Å²) in [6.45, 7) is 0. The summed E-state index contributed by atoms with van der Waals surface area (Å²) in [5.74, 6) is -1.45. The second-order valence-corrected chi connectivity index (χ2v) is 11.5. The molecule has 0 fully saturated rings. The van der Waals surface area contributed by atoms with Gasteiger partial charge in [-0.3, -0.25) is 9.59 Å². The topological polar surface area (TPSA) is 119 Å². The molecule has 0 aliphatic carbocycles. The van der Waals surface area contributed by atoms with Crippen LogP contribution >= 0.6 is 34.8 Å². The van der Waals surface area contributed by atoms with Crippen molar-refractivity contribution in [2.24, 2.45) is 0 Å². The monoisotopic (exact) mass is 654 g/mol. The molecule has 2 aromatic heterocycles. The Labute approximate surface area is 267 Å². The molecule has 45 heavy (non-hydrogen) atoms. The fourth-order valence-corrected chi connectivity index (χ4v) is 5.79. The van der Waals surface area contributed by atoms with Crippen LogP contribution in [0.2, 0.25) is 15.1 Å². The molecule has 2 heterocycles. The zero-order valence-corrected chi connectivity index (χ0v) is 25.0. The number of hydrogen-bond acceptors (Lipinski definition) is 6. The van der Waals surface area contributed by atoms with E-state index < -0.39 is 23.1 Å². The van der Waals surface area contributed by atoms with Crippen LogP contribution in [0.3, 0.4) is 0 Å². The smallest absolute Gasteiger partial charge is 0.349 e. The first-order valence-electron chi connectivity index (χ1n) is 13.4. The van der Waals surface area contributed by atoms with Crippen LogP contribution < -0.4 is 21.9 Å². The van der Waals surface area contributed by atoms with Gasteiger partial charge in [-0.05, 0) is 88.3 Å². The number of halogens is 3. The maximum atomic E-state index is 13.2. The second kappa shape index (κ2) is 11.1. The van der Waals surface area contributed by atoms with Gasteiger partial charge in [0.25, 0.3) is 11.8 Å². The average Bonchev–Trinajstić information content (AvgIpc) is 3.01. The van der Waals surface area contributed by atoms with E-state index in [2.05, 4.69) is 10.6 Å². The van der Waals surface area contributed by atoms with Crippen LogP contribution in [0.1, 0.15) is 20.7 Å². The van der Waals surface area contributed by atoms with Gasteiger partial charge < -0.3 is 19.5 Å². The van der Waals surface area contributed by atoms with Gasteiger partial charge in [0.15, 0.2) is 0 Å². The van der Waals surface area contributed by atoms with Crippen LogP contribution in [0.5, 0.6) is 0 Å². The molecule has 0 saturated carbocycles. The van der Waals surface area contributed by atoms with Crippen LogP contribution in [0.15, 0.2) is 109 Å². The largest absolute Gasteiger partial charge is 0.422 e. The summed E-state index contributed by atoms with van der Waals surface area (Å²) >= 11 is 18.7. The number of hydrogen-bond donors (Lipinski definition) is 2. The Balaban J connectivity index is 1.15. The van der Waals surface area contributed by atoms with Gasteiger partial charge >= 0.3 is 11.3 Å². The molecule has 7 rings (SSSR count). The third-order valence-electron chi connectivity index (χ3n) is 7.35. The number of rotatable bonds is 4. The molecule has 0 saturated heterocycles. The lowest BCUT2D eigenvalue weighted by atomic mass is 10.0. The summed E-state index contributed by atoms with van der Waals surface area (Å²) in [5.41, 5.74) is -0.990. The van der Waals surface area contributed by atoms with E-state index in [1.165, 1.54) is 30.3 Å². The summed E-state index contributed by atoms with van der Waals surface area (Å²) in [6, 6.07) is 24.6. The fraction of sp³-hybridized carbons (Fsp3) is 0. The molecule has 8 nitrogen and oxygen atoms in total. The van der Waals surface area contributed by atoms with E-state index in [0.29, 0.717) is 32.0 Å². The Bertz CT molecular complexity index is 2520. The van der Waals surface area contributed by atoms with E-state index in [9.17, 15) is 19.2 Å². The van der Waals surface area contributed by atoms with Crippen molar-refractivity contribution >= 4 is 101 Å². The molecular weight excluding hydrogens is 639 g/mol. The highest BCUT2D eigenvalue weighted by Crippen LogP contribution is 2.30. The maximum absolute atomic E-state index is 13.2. The van der Waals surface area contributed by atoms with Gasteiger partial charge in [0.2, 0.25) is 0 Å². The molecule has 220 valence electrons. The van der Waals surface area contributed by atoms with Gasteiger partial charge in [-0.1, -0.05) is 59.1 Å². The Kier molecular flexibility index (Phi) is 7.05. The molecule has 0 spiro atoms. The molecule has 0 aliphatic heterocycles.